The number of rotatable bonds is 9. The van der Waals surface area contributed by atoms with Crippen LogP contribution in [-0.2, 0) is 16.1 Å². The molecule has 0 unspecified atom stereocenters. The second-order valence-electron chi connectivity index (χ2n) is 7.43. The van der Waals surface area contributed by atoms with E-state index in [0.29, 0.717) is 29.6 Å². The normalized spacial score (nSPS) is 10.7. The van der Waals surface area contributed by atoms with Gasteiger partial charge in [-0.2, -0.15) is 5.10 Å². The summed E-state index contributed by atoms with van der Waals surface area (Å²) in [6.45, 7) is 0.334. The van der Waals surface area contributed by atoms with Crippen molar-refractivity contribution in [2.24, 2.45) is 0 Å². The van der Waals surface area contributed by atoms with Crippen LogP contribution < -0.4 is 10.6 Å². The smallest absolute Gasteiger partial charge is 0.225 e. The summed E-state index contributed by atoms with van der Waals surface area (Å²) in [5, 5.41) is 11.0. The summed E-state index contributed by atoms with van der Waals surface area (Å²) < 4.78 is 6.86. The molecule has 0 radical (unpaired) electrons. The van der Waals surface area contributed by atoms with E-state index < -0.39 is 0 Å². The third-order valence-electron chi connectivity index (χ3n) is 4.97. The van der Waals surface area contributed by atoms with Crippen molar-refractivity contribution in [3.8, 4) is 16.9 Å². The van der Waals surface area contributed by atoms with Crippen molar-refractivity contribution in [1.29, 1.82) is 0 Å². The minimum atomic E-state index is -0.191. The van der Waals surface area contributed by atoms with Crippen molar-refractivity contribution in [1.82, 2.24) is 15.1 Å². The Morgan fingerprint density at radius 3 is 2.42 bits per heavy atom. The summed E-state index contributed by atoms with van der Waals surface area (Å²) in [6, 6.07) is 22.3. The van der Waals surface area contributed by atoms with Gasteiger partial charge in [0.25, 0.3) is 0 Å². The topological polar surface area (TPSA) is 89.2 Å². The van der Waals surface area contributed by atoms with Crippen molar-refractivity contribution >= 4 is 29.2 Å². The van der Waals surface area contributed by atoms with Gasteiger partial charge in [0, 0.05) is 29.5 Å². The number of anilines is 1. The van der Waals surface area contributed by atoms with Crippen LogP contribution in [0.3, 0.4) is 0 Å². The zero-order valence-electron chi connectivity index (χ0n) is 17.8. The van der Waals surface area contributed by atoms with Gasteiger partial charge in [-0.1, -0.05) is 41.9 Å². The fourth-order valence-corrected chi connectivity index (χ4v) is 3.43. The third kappa shape index (κ3) is 6.11. The highest BCUT2D eigenvalue weighted by Gasteiger charge is 2.14. The molecule has 0 fully saturated rings. The average molecular weight is 463 g/mol. The quantitative estimate of drug-likeness (QED) is 0.357. The Hall–Kier alpha value is -3.84. The number of benzene rings is 2. The number of hydrogen-bond donors (Lipinski definition) is 2. The number of nitrogens with one attached hydrogen (secondary N) is 2. The van der Waals surface area contributed by atoms with Gasteiger partial charge in [0.1, 0.15) is 11.6 Å². The molecule has 2 amide bonds. The van der Waals surface area contributed by atoms with Gasteiger partial charge >= 0.3 is 0 Å². The highest BCUT2D eigenvalue weighted by Crippen LogP contribution is 2.25. The number of amides is 2. The second-order valence-corrected chi connectivity index (χ2v) is 7.86. The first-order valence-corrected chi connectivity index (χ1v) is 11.0. The first kappa shape index (κ1) is 22.4. The zero-order chi connectivity index (χ0) is 23.0. The van der Waals surface area contributed by atoms with E-state index in [1.807, 2.05) is 48.5 Å². The van der Waals surface area contributed by atoms with Crippen molar-refractivity contribution in [2.75, 3.05) is 5.32 Å². The molecule has 0 atom stereocenters. The Morgan fingerprint density at radius 1 is 0.939 bits per heavy atom. The average Bonchev–Trinajstić information content (AvgIpc) is 3.49. The van der Waals surface area contributed by atoms with Crippen LogP contribution in [0, 0.1) is 0 Å². The highest BCUT2D eigenvalue weighted by atomic mass is 35.5. The predicted octanol–water partition coefficient (Wildman–Crippen LogP) is 5.21. The Balaban J connectivity index is 1.39. The van der Waals surface area contributed by atoms with Gasteiger partial charge in [-0.3, -0.25) is 9.59 Å². The predicted molar refractivity (Wildman–Crippen MR) is 127 cm³/mol. The lowest BCUT2D eigenvalue weighted by Gasteiger charge is -2.09. The van der Waals surface area contributed by atoms with E-state index in [2.05, 4.69) is 15.7 Å². The molecule has 7 nitrogen and oxygen atoms in total. The molecule has 0 aliphatic rings. The van der Waals surface area contributed by atoms with Gasteiger partial charge in [-0.05, 0) is 42.8 Å². The molecule has 2 heterocycles. The van der Waals surface area contributed by atoms with E-state index in [9.17, 15) is 9.59 Å². The Morgan fingerprint density at radius 2 is 1.70 bits per heavy atom. The van der Waals surface area contributed by atoms with Crippen LogP contribution in [0.2, 0.25) is 5.02 Å². The lowest BCUT2D eigenvalue weighted by molar-refractivity contribution is -0.121. The molecule has 0 saturated heterocycles. The summed E-state index contributed by atoms with van der Waals surface area (Å²) in [5.41, 5.74) is 2.45. The lowest BCUT2D eigenvalue weighted by Crippen LogP contribution is -2.22. The van der Waals surface area contributed by atoms with Crippen molar-refractivity contribution in [2.45, 2.75) is 25.8 Å². The second kappa shape index (κ2) is 10.7. The minimum absolute atomic E-state index is 0.128. The van der Waals surface area contributed by atoms with Crippen LogP contribution >= 0.6 is 11.6 Å². The summed E-state index contributed by atoms with van der Waals surface area (Å²) in [6.07, 6.45) is 2.45. The van der Waals surface area contributed by atoms with Gasteiger partial charge in [0.15, 0.2) is 0 Å². The van der Waals surface area contributed by atoms with Crippen molar-refractivity contribution in [3.05, 3.63) is 89.8 Å². The van der Waals surface area contributed by atoms with Crippen molar-refractivity contribution in [3.63, 3.8) is 0 Å². The molecule has 2 aromatic carbocycles. The van der Waals surface area contributed by atoms with E-state index in [-0.39, 0.29) is 24.7 Å². The van der Waals surface area contributed by atoms with Crippen LogP contribution in [0.5, 0.6) is 0 Å². The molecular formula is C25H23ClN4O3. The molecular weight excluding hydrogens is 440 g/mol. The fraction of sp³-hybridized carbons (Fsp3) is 0.160. The molecule has 2 N–H and O–H groups in total. The van der Waals surface area contributed by atoms with Gasteiger partial charge in [-0.25, -0.2) is 4.68 Å². The molecule has 8 heteroatoms. The van der Waals surface area contributed by atoms with Crippen LogP contribution in [0.1, 0.15) is 25.0 Å². The number of halogens is 1. The van der Waals surface area contributed by atoms with E-state index >= 15 is 0 Å². The molecule has 168 valence electrons. The number of aromatic nitrogens is 2. The van der Waals surface area contributed by atoms with Crippen LogP contribution in [0.4, 0.5) is 5.82 Å². The van der Waals surface area contributed by atoms with E-state index in [1.54, 1.807) is 35.2 Å². The maximum absolute atomic E-state index is 12.6. The first-order chi connectivity index (χ1) is 16.1. The number of furan rings is 1. The van der Waals surface area contributed by atoms with E-state index in [1.165, 1.54) is 0 Å². The SMILES string of the molecule is O=C(CCCC(=O)Nc1cc(-c2ccccc2)nn1-c1ccc(Cl)cc1)NCc1ccco1. The van der Waals surface area contributed by atoms with Crippen molar-refractivity contribution < 1.29 is 14.0 Å². The van der Waals surface area contributed by atoms with Crippen LogP contribution in [0.25, 0.3) is 16.9 Å². The highest BCUT2D eigenvalue weighted by molar-refractivity contribution is 6.30. The third-order valence-corrected chi connectivity index (χ3v) is 5.22. The summed E-state index contributed by atoms with van der Waals surface area (Å²) in [4.78, 5) is 24.6. The zero-order valence-corrected chi connectivity index (χ0v) is 18.6. The van der Waals surface area contributed by atoms with E-state index in [4.69, 9.17) is 16.0 Å². The number of carbonyl (C=O) groups is 2. The molecule has 4 rings (SSSR count). The summed E-state index contributed by atoms with van der Waals surface area (Å²) in [7, 11) is 0. The molecule has 0 aliphatic carbocycles. The molecule has 33 heavy (non-hydrogen) atoms. The molecule has 0 aliphatic heterocycles. The standard InChI is InChI=1S/C25H23ClN4O3/c26-19-11-13-20(14-12-19)30-23(16-22(29-30)18-6-2-1-3-7-18)28-25(32)10-4-9-24(31)27-17-21-8-5-15-33-21/h1-3,5-8,11-16H,4,9-10,17H2,(H,27,31)(H,28,32). The lowest BCUT2D eigenvalue weighted by atomic mass is 10.1. The summed E-state index contributed by atoms with van der Waals surface area (Å²) in [5.74, 6) is 0.912. The number of nitrogens with zero attached hydrogens (tertiary/aromatic N) is 2. The Bertz CT molecular complexity index is 1200. The van der Waals surface area contributed by atoms with Gasteiger partial charge < -0.3 is 15.1 Å². The van der Waals surface area contributed by atoms with E-state index in [0.717, 1.165) is 16.9 Å². The van der Waals surface area contributed by atoms with Gasteiger partial charge in [0.2, 0.25) is 11.8 Å². The van der Waals surface area contributed by atoms with Gasteiger partial charge in [0.05, 0.1) is 24.2 Å². The minimum Gasteiger partial charge on any atom is -0.467 e. The molecule has 4 aromatic rings. The molecule has 0 bridgehead atoms. The molecule has 0 spiro atoms. The number of carbonyl (C=O) groups excluding carboxylic acids is 2. The maximum Gasteiger partial charge on any atom is 0.225 e. The largest absolute Gasteiger partial charge is 0.467 e. The maximum atomic E-state index is 12.6. The summed E-state index contributed by atoms with van der Waals surface area (Å²) >= 11 is 6.02. The monoisotopic (exact) mass is 462 g/mol. The molecule has 0 saturated carbocycles. The van der Waals surface area contributed by atoms with Gasteiger partial charge in [-0.15, -0.1) is 0 Å². The molecule has 2 aromatic heterocycles. The number of hydrogen-bond acceptors (Lipinski definition) is 4. The Kier molecular flexibility index (Phi) is 7.22. The first-order valence-electron chi connectivity index (χ1n) is 10.6. The van der Waals surface area contributed by atoms with Crippen LogP contribution in [0.15, 0.2) is 83.5 Å². The van der Waals surface area contributed by atoms with Crippen LogP contribution in [-0.4, -0.2) is 21.6 Å². The fourth-order valence-electron chi connectivity index (χ4n) is 3.30. The Labute approximate surface area is 196 Å².